The fourth-order valence-corrected chi connectivity index (χ4v) is 3.46. The summed E-state index contributed by atoms with van der Waals surface area (Å²) in [6.45, 7) is 0.839. The monoisotopic (exact) mass is 260 g/mol. The number of hydrogen-bond acceptors (Lipinski definition) is 2. The molecule has 0 bridgehead atoms. The van der Waals surface area contributed by atoms with Gasteiger partial charge in [0, 0.05) is 6.61 Å². The minimum Gasteiger partial charge on any atom is -0.481 e. The minimum atomic E-state index is -0.671. The molecule has 2 fully saturated rings. The number of carboxylic acid groups (broad SMARTS) is 1. The molecule has 3 nitrogen and oxygen atoms in total. The van der Waals surface area contributed by atoms with Crippen LogP contribution in [0.25, 0.3) is 0 Å². The Morgan fingerprint density at radius 2 is 1.84 bits per heavy atom. The zero-order valence-corrected chi connectivity index (χ0v) is 11.1. The number of carboxylic acids is 1. The molecular weight excluding hydrogens is 240 g/mol. The fraction of sp³-hybridized carbons (Fsp3) is 0.562. The summed E-state index contributed by atoms with van der Waals surface area (Å²) in [5.41, 5.74) is 1.49. The Morgan fingerprint density at radius 3 is 2.37 bits per heavy atom. The van der Waals surface area contributed by atoms with E-state index in [4.69, 9.17) is 4.74 Å². The molecule has 1 saturated heterocycles. The van der Waals surface area contributed by atoms with E-state index < -0.39 is 11.4 Å². The number of aliphatic carboxylic acids is 1. The average Bonchev–Trinajstić information content (AvgIpc) is 3.11. The topological polar surface area (TPSA) is 46.5 Å². The quantitative estimate of drug-likeness (QED) is 0.905. The Kier molecular flexibility index (Phi) is 3.31. The molecule has 1 aliphatic carbocycles. The standard InChI is InChI=1S/C16H20O3/c17-15(18)16(9-1-2-10-16)13-7-5-12(6-8-13)14-4-3-11-19-14/h5-8,14H,1-4,9-11H2,(H,17,18). The van der Waals surface area contributed by atoms with E-state index >= 15 is 0 Å². The van der Waals surface area contributed by atoms with Crippen molar-refractivity contribution in [2.45, 2.75) is 50.0 Å². The van der Waals surface area contributed by atoms with Gasteiger partial charge in [-0.1, -0.05) is 37.1 Å². The molecule has 0 spiro atoms. The van der Waals surface area contributed by atoms with Crippen molar-refractivity contribution in [3.05, 3.63) is 35.4 Å². The molecule has 1 aliphatic heterocycles. The van der Waals surface area contributed by atoms with Gasteiger partial charge in [0.25, 0.3) is 0 Å². The van der Waals surface area contributed by atoms with Crippen LogP contribution in [0.1, 0.15) is 55.8 Å². The van der Waals surface area contributed by atoms with E-state index in [9.17, 15) is 9.90 Å². The first kappa shape index (κ1) is 12.7. The molecule has 1 saturated carbocycles. The van der Waals surface area contributed by atoms with Gasteiger partial charge in [-0.15, -0.1) is 0 Å². The van der Waals surface area contributed by atoms with Gasteiger partial charge in [-0.25, -0.2) is 0 Å². The Hall–Kier alpha value is -1.35. The second kappa shape index (κ2) is 4.97. The third-order valence-electron chi connectivity index (χ3n) is 4.63. The summed E-state index contributed by atoms with van der Waals surface area (Å²) in [7, 11) is 0. The summed E-state index contributed by atoms with van der Waals surface area (Å²) in [4.78, 5) is 11.6. The highest BCUT2D eigenvalue weighted by Crippen LogP contribution is 2.42. The van der Waals surface area contributed by atoms with Gasteiger partial charge in [0.2, 0.25) is 0 Å². The molecule has 0 amide bonds. The number of rotatable bonds is 3. The van der Waals surface area contributed by atoms with Crippen LogP contribution >= 0.6 is 0 Å². The number of hydrogen-bond donors (Lipinski definition) is 1. The lowest BCUT2D eigenvalue weighted by molar-refractivity contribution is -0.143. The summed E-state index contributed by atoms with van der Waals surface area (Å²) < 4.78 is 5.66. The van der Waals surface area contributed by atoms with Gasteiger partial charge in [-0.3, -0.25) is 4.79 Å². The maximum absolute atomic E-state index is 11.6. The SMILES string of the molecule is O=C(O)C1(c2ccc(C3CCCO3)cc2)CCCC1. The second-order valence-corrected chi connectivity index (χ2v) is 5.72. The third-order valence-corrected chi connectivity index (χ3v) is 4.63. The highest BCUT2D eigenvalue weighted by atomic mass is 16.5. The third kappa shape index (κ3) is 2.16. The normalized spacial score (nSPS) is 25.6. The van der Waals surface area contributed by atoms with Gasteiger partial charge in [0.05, 0.1) is 11.5 Å². The van der Waals surface area contributed by atoms with Crippen LogP contribution < -0.4 is 0 Å². The van der Waals surface area contributed by atoms with Crippen LogP contribution in [0.2, 0.25) is 0 Å². The maximum atomic E-state index is 11.6. The molecule has 1 aromatic rings. The lowest BCUT2D eigenvalue weighted by Gasteiger charge is -2.24. The molecule has 0 radical (unpaired) electrons. The molecule has 3 rings (SSSR count). The first-order chi connectivity index (χ1) is 9.22. The lowest BCUT2D eigenvalue weighted by Crippen LogP contribution is -2.32. The van der Waals surface area contributed by atoms with Crippen molar-refractivity contribution in [2.75, 3.05) is 6.61 Å². The van der Waals surface area contributed by atoms with E-state index in [1.807, 2.05) is 24.3 Å². The van der Waals surface area contributed by atoms with Crippen LogP contribution in [0.15, 0.2) is 24.3 Å². The predicted molar refractivity (Wildman–Crippen MR) is 72.2 cm³/mol. The Bertz CT molecular complexity index is 451. The van der Waals surface area contributed by atoms with E-state index in [1.54, 1.807) is 0 Å². The number of ether oxygens (including phenoxy) is 1. The van der Waals surface area contributed by atoms with E-state index in [0.717, 1.165) is 50.7 Å². The molecule has 3 heteroatoms. The molecule has 0 aromatic heterocycles. The van der Waals surface area contributed by atoms with E-state index in [1.165, 1.54) is 5.56 Å². The smallest absolute Gasteiger partial charge is 0.314 e. The Labute approximate surface area is 113 Å². The fourth-order valence-electron chi connectivity index (χ4n) is 3.46. The van der Waals surface area contributed by atoms with Crippen molar-refractivity contribution in [3.63, 3.8) is 0 Å². The molecule has 19 heavy (non-hydrogen) atoms. The van der Waals surface area contributed by atoms with Crippen molar-refractivity contribution in [1.82, 2.24) is 0 Å². The summed E-state index contributed by atoms with van der Waals surface area (Å²) in [5, 5.41) is 9.57. The molecule has 1 atom stereocenters. The van der Waals surface area contributed by atoms with E-state index in [2.05, 4.69) is 0 Å². The highest BCUT2D eigenvalue weighted by molar-refractivity contribution is 5.81. The van der Waals surface area contributed by atoms with Gasteiger partial charge in [0.1, 0.15) is 0 Å². The largest absolute Gasteiger partial charge is 0.481 e. The van der Waals surface area contributed by atoms with Gasteiger partial charge in [-0.2, -0.15) is 0 Å². The van der Waals surface area contributed by atoms with Crippen LogP contribution in [0.4, 0.5) is 0 Å². The minimum absolute atomic E-state index is 0.207. The first-order valence-corrected chi connectivity index (χ1v) is 7.18. The number of carbonyl (C=O) groups is 1. The Morgan fingerprint density at radius 1 is 1.16 bits per heavy atom. The highest BCUT2D eigenvalue weighted by Gasteiger charge is 2.42. The van der Waals surface area contributed by atoms with E-state index in [0.29, 0.717) is 0 Å². The zero-order valence-electron chi connectivity index (χ0n) is 11.1. The molecule has 102 valence electrons. The lowest BCUT2D eigenvalue weighted by atomic mass is 9.78. The van der Waals surface area contributed by atoms with Crippen molar-refractivity contribution < 1.29 is 14.6 Å². The molecule has 1 unspecified atom stereocenters. The van der Waals surface area contributed by atoms with Crippen LogP contribution in [-0.2, 0) is 14.9 Å². The van der Waals surface area contributed by atoms with Crippen LogP contribution in [-0.4, -0.2) is 17.7 Å². The average molecular weight is 260 g/mol. The maximum Gasteiger partial charge on any atom is 0.314 e. The summed E-state index contributed by atoms with van der Waals surface area (Å²) in [6, 6.07) is 8.09. The Balaban J connectivity index is 1.86. The van der Waals surface area contributed by atoms with Gasteiger partial charge < -0.3 is 9.84 Å². The summed E-state index contributed by atoms with van der Waals surface area (Å²) >= 11 is 0. The second-order valence-electron chi connectivity index (χ2n) is 5.72. The summed E-state index contributed by atoms with van der Waals surface area (Å²) in [5.74, 6) is -0.671. The molecule has 1 heterocycles. The zero-order chi connectivity index (χ0) is 13.3. The molecule has 2 aliphatic rings. The first-order valence-electron chi connectivity index (χ1n) is 7.18. The van der Waals surface area contributed by atoms with Crippen molar-refractivity contribution in [3.8, 4) is 0 Å². The van der Waals surface area contributed by atoms with Crippen molar-refractivity contribution >= 4 is 5.97 Å². The van der Waals surface area contributed by atoms with E-state index in [-0.39, 0.29) is 6.10 Å². The van der Waals surface area contributed by atoms with Crippen LogP contribution in [0, 0.1) is 0 Å². The molecule has 1 aromatic carbocycles. The van der Waals surface area contributed by atoms with Crippen molar-refractivity contribution in [2.24, 2.45) is 0 Å². The number of benzene rings is 1. The van der Waals surface area contributed by atoms with Gasteiger partial charge in [-0.05, 0) is 36.8 Å². The predicted octanol–water partition coefficient (Wildman–Crippen LogP) is 3.43. The molecule has 1 N–H and O–H groups in total. The van der Waals surface area contributed by atoms with Crippen LogP contribution in [0.5, 0.6) is 0 Å². The summed E-state index contributed by atoms with van der Waals surface area (Å²) in [6.07, 6.45) is 5.95. The molecular formula is C16H20O3. The van der Waals surface area contributed by atoms with Crippen molar-refractivity contribution in [1.29, 1.82) is 0 Å². The van der Waals surface area contributed by atoms with Crippen LogP contribution in [0.3, 0.4) is 0 Å². The van der Waals surface area contributed by atoms with Gasteiger partial charge >= 0.3 is 5.97 Å². The van der Waals surface area contributed by atoms with Gasteiger partial charge in [0.15, 0.2) is 0 Å².